The van der Waals surface area contributed by atoms with Gasteiger partial charge in [-0.25, -0.2) is 9.18 Å². The second kappa shape index (κ2) is 11.0. The number of nitrogens with zero attached hydrogens (tertiary/aromatic N) is 1. The molecular formula is C29H27FN2O4. The summed E-state index contributed by atoms with van der Waals surface area (Å²) in [4.78, 5) is 39.3. The molecule has 3 aromatic carbocycles. The van der Waals surface area contributed by atoms with E-state index in [1.54, 1.807) is 38.1 Å². The van der Waals surface area contributed by atoms with Crippen molar-refractivity contribution < 1.29 is 23.5 Å². The Hall–Kier alpha value is -4.26. The van der Waals surface area contributed by atoms with Crippen molar-refractivity contribution in [3.05, 3.63) is 119 Å². The van der Waals surface area contributed by atoms with Crippen LogP contribution >= 0.6 is 0 Å². The van der Waals surface area contributed by atoms with Gasteiger partial charge in [-0.1, -0.05) is 91.0 Å². The Morgan fingerprint density at radius 2 is 1.39 bits per heavy atom. The largest absolute Gasteiger partial charge is 0.448 e. The van der Waals surface area contributed by atoms with Crippen LogP contribution in [-0.4, -0.2) is 35.0 Å². The summed E-state index contributed by atoms with van der Waals surface area (Å²) in [5.74, 6) is -2.00. The van der Waals surface area contributed by atoms with Gasteiger partial charge < -0.3 is 10.1 Å². The number of allylic oxidation sites excluding steroid dienone is 1. The minimum absolute atomic E-state index is 0.0186. The molecule has 0 saturated carbocycles. The number of benzene rings is 3. The Bertz CT molecular complexity index is 1220. The first-order valence-electron chi connectivity index (χ1n) is 11.7. The van der Waals surface area contributed by atoms with Crippen LogP contribution in [0.4, 0.5) is 4.39 Å². The molecule has 1 fully saturated rings. The van der Waals surface area contributed by atoms with E-state index < -0.39 is 36.2 Å². The molecule has 6 nitrogen and oxygen atoms in total. The van der Waals surface area contributed by atoms with Crippen LogP contribution in [0.3, 0.4) is 0 Å². The number of ether oxygens (including phenoxy) is 1. The summed E-state index contributed by atoms with van der Waals surface area (Å²) in [6, 6.07) is 26.0. The molecule has 0 radical (unpaired) electrons. The number of β-lactam (4-membered cyclic amide) rings is 1. The van der Waals surface area contributed by atoms with Gasteiger partial charge in [0, 0.05) is 0 Å². The highest BCUT2D eigenvalue weighted by Crippen LogP contribution is 2.32. The van der Waals surface area contributed by atoms with E-state index in [2.05, 4.69) is 5.32 Å². The van der Waals surface area contributed by atoms with Crippen molar-refractivity contribution in [2.75, 3.05) is 0 Å². The van der Waals surface area contributed by atoms with Crippen LogP contribution in [0, 0.1) is 0 Å². The lowest BCUT2D eigenvalue weighted by molar-refractivity contribution is -0.165. The molecule has 0 bridgehead atoms. The fraction of sp³-hybridized carbons (Fsp3) is 0.207. The summed E-state index contributed by atoms with van der Waals surface area (Å²) >= 11 is 0. The van der Waals surface area contributed by atoms with Crippen molar-refractivity contribution in [1.29, 1.82) is 0 Å². The maximum Gasteiger partial charge on any atom is 0.356 e. The second-order valence-corrected chi connectivity index (χ2v) is 8.74. The zero-order valence-electron chi connectivity index (χ0n) is 20.1. The van der Waals surface area contributed by atoms with Crippen LogP contribution < -0.4 is 5.32 Å². The lowest BCUT2D eigenvalue weighted by Crippen LogP contribution is -2.69. The topological polar surface area (TPSA) is 75.7 Å². The molecular weight excluding hydrogens is 459 g/mol. The van der Waals surface area contributed by atoms with Crippen molar-refractivity contribution in [2.45, 2.75) is 38.7 Å². The maximum absolute atomic E-state index is 15.2. The Balaban J connectivity index is 1.49. The molecule has 2 unspecified atom stereocenters. The first-order valence-corrected chi connectivity index (χ1v) is 11.7. The van der Waals surface area contributed by atoms with Crippen LogP contribution in [-0.2, 0) is 25.5 Å². The van der Waals surface area contributed by atoms with E-state index in [0.29, 0.717) is 5.57 Å². The molecule has 2 atom stereocenters. The molecule has 184 valence electrons. The predicted molar refractivity (Wildman–Crippen MR) is 133 cm³/mol. The number of esters is 1. The number of hydrogen-bond donors (Lipinski definition) is 1. The van der Waals surface area contributed by atoms with Gasteiger partial charge in [0.2, 0.25) is 12.2 Å². The number of halogens is 1. The predicted octanol–water partition coefficient (Wildman–Crippen LogP) is 4.48. The number of amides is 2. The van der Waals surface area contributed by atoms with Crippen molar-refractivity contribution in [1.82, 2.24) is 10.2 Å². The van der Waals surface area contributed by atoms with Crippen molar-refractivity contribution in [2.24, 2.45) is 0 Å². The first kappa shape index (κ1) is 24.9. The van der Waals surface area contributed by atoms with Gasteiger partial charge in [0.15, 0.2) is 12.1 Å². The minimum atomic E-state index is -1.89. The fourth-order valence-electron chi connectivity index (χ4n) is 4.12. The summed E-state index contributed by atoms with van der Waals surface area (Å²) in [5, 5.41) is 2.44. The molecule has 7 heteroatoms. The van der Waals surface area contributed by atoms with E-state index >= 15 is 4.39 Å². The molecule has 1 N–H and O–H groups in total. The minimum Gasteiger partial charge on any atom is -0.448 e. The van der Waals surface area contributed by atoms with Crippen molar-refractivity contribution in [3.8, 4) is 0 Å². The maximum atomic E-state index is 15.2. The van der Waals surface area contributed by atoms with E-state index in [1.165, 1.54) is 0 Å². The summed E-state index contributed by atoms with van der Waals surface area (Å²) in [6.07, 6.45) is -2.61. The van der Waals surface area contributed by atoms with Crippen LogP contribution in [0.5, 0.6) is 0 Å². The Morgan fingerprint density at radius 1 is 0.889 bits per heavy atom. The van der Waals surface area contributed by atoms with Crippen LogP contribution in [0.15, 0.2) is 102 Å². The summed E-state index contributed by atoms with van der Waals surface area (Å²) in [5.41, 5.74) is 2.48. The fourth-order valence-corrected chi connectivity index (χ4v) is 4.12. The van der Waals surface area contributed by atoms with Gasteiger partial charge >= 0.3 is 5.97 Å². The third kappa shape index (κ3) is 5.35. The molecule has 0 spiro atoms. The molecule has 0 aliphatic carbocycles. The lowest BCUT2D eigenvalue weighted by Gasteiger charge is -2.43. The van der Waals surface area contributed by atoms with Gasteiger partial charge in [-0.05, 0) is 36.1 Å². The zero-order chi connectivity index (χ0) is 25.7. The van der Waals surface area contributed by atoms with E-state index in [4.69, 9.17) is 4.74 Å². The molecule has 1 aliphatic rings. The number of hydrogen-bond acceptors (Lipinski definition) is 4. The summed E-state index contributed by atoms with van der Waals surface area (Å²) in [7, 11) is 0. The molecule has 1 aliphatic heterocycles. The molecule has 0 aromatic heterocycles. The van der Waals surface area contributed by atoms with Gasteiger partial charge in [0.05, 0.1) is 6.42 Å². The molecule has 4 rings (SSSR count). The van der Waals surface area contributed by atoms with E-state index in [-0.39, 0.29) is 12.1 Å². The summed E-state index contributed by atoms with van der Waals surface area (Å²) < 4.78 is 21.0. The highest BCUT2D eigenvalue weighted by molar-refractivity contribution is 6.01. The number of alkyl halides is 1. The second-order valence-electron chi connectivity index (χ2n) is 8.74. The monoisotopic (exact) mass is 486 g/mol. The van der Waals surface area contributed by atoms with Gasteiger partial charge in [-0.2, -0.15) is 0 Å². The highest BCUT2D eigenvalue weighted by atomic mass is 19.1. The summed E-state index contributed by atoms with van der Waals surface area (Å²) in [6.45, 7) is 3.22. The SMILES string of the molecule is CC(C)=C(C(=O)OC(c1ccccc1)c1ccccc1)N1C(=O)C(NC(=O)Cc2ccccc2)C1F. The lowest BCUT2D eigenvalue weighted by atomic mass is 10.0. The number of likely N-dealkylation sites (tertiary alicyclic amines) is 1. The number of nitrogens with one attached hydrogen (secondary N) is 1. The quantitative estimate of drug-likeness (QED) is 0.221. The molecule has 36 heavy (non-hydrogen) atoms. The van der Waals surface area contributed by atoms with Crippen molar-refractivity contribution in [3.63, 3.8) is 0 Å². The molecule has 2 amide bonds. The van der Waals surface area contributed by atoms with Crippen molar-refractivity contribution >= 4 is 17.8 Å². The first-order chi connectivity index (χ1) is 17.4. The standard InChI is InChI=1S/C29H27FN2O4/c1-19(2)25(29(35)36-26(21-14-8-4-9-15-21)22-16-10-5-11-17-22)32-27(30)24(28(32)34)31-23(33)18-20-12-6-3-7-13-20/h3-17,24,26-27H,18H2,1-2H3,(H,31,33). The third-order valence-electron chi connectivity index (χ3n) is 5.89. The molecule has 1 heterocycles. The van der Waals surface area contributed by atoms with E-state index in [1.807, 2.05) is 66.7 Å². The van der Waals surface area contributed by atoms with Crippen LogP contribution in [0.25, 0.3) is 0 Å². The normalized spacial score (nSPS) is 16.8. The van der Waals surface area contributed by atoms with E-state index in [9.17, 15) is 14.4 Å². The zero-order valence-corrected chi connectivity index (χ0v) is 20.1. The average molecular weight is 487 g/mol. The van der Waals surface area contributed by atoms with Gasteiger partial charge in [-0.15, -0.1) is 0 Å². The Labute approximate surface area is 209 Å². The Kier molecular flexibility index (Phi) is 7.59. The Morgan fingerprint density at radius 3 is 1.86 bits per heavy atom. The third-order valence-corrected chi connectivity index (χ3v) is 5.89. The van der Waals surface area contributed by atoms with Gasteiger partial charge in [0.25, 0.3) is 5.91 Å². The number of carbonyl (C=O) groups is 3. The average Bonchev–Trinajstić information content (AvgIpc) is 2.90. The van der Waals surface area contributed by atoms with E-state index in [0.717, 1.165) is 21.6 Å². The van der Waals surface area contributed by atoms with Crippen LogP contribution in [0.1, 0.15) is 36.6 Å². The van der Waals surface area contributed by atoms with Gasteiger partial charge in [-0.3, -0.25) is 14.5 Å². The van der Waals surface area contributed by atoms with Gasteiger partial charge in [0.1, 0.15) is 5.70 Å². The molecule has 3 aromatic rings. The number of rotatable bonds is 8. The van der Waals surface area contributed by atoms with Crippen LogP contribution in [0.2, 0.25) is 0 Å². The number of carbonyl (C=O) groups excluding carboxylic acids is 3. The smallest absolute Gasteiger partial charge is 0.356 e. The molecule has 1 saturated heterocycles. The highest BCUT2D eigenvalue weighted by Gasteiger charge is 2.52.